The van der Waals surface area contributed by atoms with Gasteiger partial charge in [0.25, 0.3) is 5.91 Å². The van der Waals surface area contributed by atoms with Crippen molar-refractivity contribution in [3.8, 4) is 5.75 Å². The third-order valence-electron chi connectivity index (χ3n) is 2.86. The second-order valence-electron chi connectivity index (χ2n) is 4.45. The molecular weight excluding hydrogens is 238 g/mol. The van der Waals surface area contributed by atoms with Crippen molar-refractivity contribution in [2.45, 2.75) is 19.8 Å². The first-order valence-electron chi connectivity index (χ1n) is 6.38. The molecule has 2 aromatic carbocycles. The van der Waals surface area contributed by atoms with E-state index in [0.29, 0.717) is 5.56 Å². The zero-order valence-electron chi connectivity index (χ0n) is 10.9. The van der Waals surface area contributed by atoms with Gasteiger partial charge < -0.3 is 10.4 Å². The standard InChI is InChI=1S/C16H17NO2/c1-2-4-12-7-9-14(10-8-12)17-16(19)13-5-3-6-15(18)11-13/h3,5-11,18H,2,4H2,1H3,(H,17,19). The molecule has 98 valence electrons. The van der Waals surface area contributed by atoms with E-state index in [1.165, 1.54) is 17.7 Å². The van der Waals surface area contributed by atoms with Crippen LogP contribution >= 0.6 is 0 Å². The molecular formula is C16H17NO2. The molecule has 0 bridgehead atoms. The van der Waals surface area contributed by atoms with E-state index in [9.17, 15) is 9.90 Å². The average Bonchev–Trinajstić information content (AvgIpc) is 2.41. The fourth-order valence-electron chi connectivity index (χ4n) is 1.89. The number of amides is 1. The lowest BCUT2D eigenvalue weighted by Gasteiger charge is -2.06. The summed E-state index contributed by atoms with van der Waals surface area (Å²) in [5.41, 5.74) is 2.46. The molecule has 0 radical (unpaired) electrons. The minimum atomic E-state index is -0.223. The maximum atomic E-state index is 12.0. The number of phenols is 1. The maximum absolute atomic E-state index is 12.0. The molecule has 1 amide bonds. The number of nitrogens with one attached hydrogen (secondary N) is 1. The van der Waals surface area contributed by atoms with Gasteiger partial charge in [-0.05, 0) is 42.3 Å². The minimum absolute atomic E-state index is 0.0888. The summed E-state index contributed by atoms with van der Waals surface area (Å²) in [5, 5.41) is 12.1. The number of hydrogen-bond acceptors (Lipinski definition) is 2. The molecule has 0 aliphatic rings. The number of benzene rings is 2. The van der Waals surface area contributed by atoms with Crippen LogP contribution in [0.2, 0.25) is 0 Å². The smallest absolute Gasteiger partial charge is 0.255 e. The fourth-order valence-corrected chi connectivity index (χ4v) is 1.89. The van der Waals surface area contributed by atoms with Gasteiger partial charge in [-0.1, -0.05) is 31.5 Å². The van der Waals surface area contributed by atoms with E-state index in [-0.39, 0.29) is 11.7 Å². The van der Waals surface area contributed by atoms with Crippen molar-refractivity contribution in [2.24, 2.45) is 0 Å². The molecule has 0 atom stereocenters. The summed E-state index contributed by atoms with van der Waals surface area (Å²) in [7, 11) is 0. The summed E-state index contributed by atoms with van der Waals surface area (Å²) in [6, 6.07) is 14.1. The number of rotatable bonds is 4. The number of aromatic hydroxyl groups is 1. The average molecular weight is 255 g/mol. The van der Waals surface area contributed by atoms with Crippen LogP contribution in [0.5, 0.6) is 5.75 Å². The molecule has 0 fully saturated rings. The van der Waals surface area contributed by atoms with Crippen molar-refractivity contribution in [1.82, 2.24) is 0 Å². The SMILES string of the molecule is CCCc1ccc(NC(=O)c2cccc(O)c2)cc1. The van der Waals surface area contributed by atoms with Gasteiger partial charge in [0.2, 0.25) is 0 Å². The maximum Gasteiger partial charge on any atom is 0.255 e. The first-order valence-corrected chi connectivity index (χ1v) is 6.38. The van der Waals surface area contributed by atoms with Gasteiger partial charge in [0, 0.05) is 11.3 Å². The molecule has 0 heterocycles. The highest BCUT2D eigenvalue weighted by molar-refractivity contribution is 6.04. The summed E-state index contributed by atoms with van der Waals surface area (Å²) in [4.78, 5) is 12.0. The lowest BCUT2D eigenvalue weighted by Crippen LogP contribution is -2.11. The number of carbonyl (C=O) groups is 1. The van der Waals surface area contributed by atoms with Gasteiger partial charge >= 0.3 is 0 Å². The van der Waals surface area contributed by atoms with E-state index in [4.69, 9.17) is 0 Å². The van der Waals surface area contributed by atoms with Crippen LogP contribution in [-0.2, 0) is 6.42 Å². The molecule has 19 heavy (non-hydrogen) atoms. The summed E-state index contributed by atoms with van der Waals surface area (Å²) in [6.45, 7) is 2.14. The van der Waals surface area contributed by atoms with E-state index >= 15 is 0 Å². The highest BCUT2D eigenvalue weighted by Gasteiger charge is 2.06. The molecule has 0 saturated carbocycles. The molecule has 2 aromatic rings. The van der Waals surface area contributed by atoms with E-state index in [1.807, 2.05) is 24.3 Å². The Morgan fingerprint density at radius 3 is 2.53 bits per heavy atom. The zero-order chi connectivity index (χ0) is 13.7. The second kappa shape index (κ2) is 6.05. The Kier molecular flexibility index (Phi) is 4.18. The summed E-state index contributed by atoms with van der Waals surface area (Å²) < 4.78 is 0. The summed E-state index contributed by atoms with van der Waals surface area (Å²) in [6.07, 6.45) is 2.15. The first kappa shape index (κ1) is 13.1. The molecule has 0 aliphatic carbocycles. The molecule has 0 unspecified atom stereocenters. The quantitative estimate of drug-likeness (QED) is 0.877. The summed E-state index contributed by atoms with van der Waals surface area (Å²) >= 11 is 0. The number of anilines is 1. The third kappa shape index (κ3) is 3.58. The van der Waals surface area contributed by atoms with Crippen molar-refractivity contribution >= 4 is 11.6 Å². The highest BCUT2D eigenvalue weighted by Crippen LogP contribution is 2.15. The molecule has 3 heteroatoms. The minimum Gasteiger partial charge on any atom is -0.508 e. The van der Waals surface area contributed by atoms with Crippen LogP contribution in [0.15, 0.2) is 48.5 Å². The van der Waals surface area contributed by atoms with Gasteiger partial charge in [0.15, 0.2) is 0 Å². The van der Waals surface area contributed by atoms with Gasteiger partial charge in [-0.3, -0.25) is 4.79 Å². The Hall–Kier alpha value is -2.29. The monoisotopic (exact) mass is 255 g/mol. The van der Waals surface area contributed by atoms with Crippen LogP contribution in [0.25, 0.3) is 0 Å². The first-order chi connectivity index (χ1) is 9.19. The third-order valence-corrected chi connectivity index (χ3v) is 2.86. The highest BCUT2D eigenvalue weighted by atomic mass is 16.3. The second-order valence-corrected chi connectivity index (χ2v) is 4.45. The molecule has 0 aromatic heterocycles. The van der Waals surface area contributed by atoms with Gasteiger partial charge in [-0.25, -0.2) is 0 Å². The molecule has 2 N–H and O–H groups in total. The summed E-state index contributed by atoms with van der Waals surface area (Å²) in [5.74, 6) is -0.134. The van der Waals surface area contributed by atoms with Crippen molar-refractivity contribution < 1.29 is 9.90 Å². The van der Waals surface area contributed by atoms with Gasteiger partial charge in [0.1, 0.15) is 5.75 Å². The van der Waals surface area contributed by atoms with E-state index in [0.717, 1.165) is 18.5 Å². The van der Waals surface area contributed by atoms with Crippen LogP contribution < -0.4 is 5.32 Å². The molecule has 2 rings (SSSR count). The predicted octanol–water partition coefficient (Wildman–Crippen LogP) is 3.60. The normalized spacial score (nSPS) is 10.2. The molecule has 0 saturated heterocycles. The lowest BCUT2D eigenvalue weighted by atomic mass is 10.1. The van der Waals surface area contributed by atoms with Crippen LogP contribution in [-0.4, -0.2) is 11.0 Å². The van der Waals surface area contributed by atoms with Gasteiger partial charge in [-0.15, -0.1) is 0 Å². The van der Waals surface area contributed by atoms with Crippen molar-refractivity contribution in [1.29, 1.82) is 0 Å². The Bertz CT molecular complexity index is 561. The molecule has 0 aliphatic heterocycles. The lowest BCUT2D eigenvalue weighted by molar-refractivity contribution is 0.102. The van der Waals surface area contributed by atoms with Gasteiger partial charge in [0.05, 0.1) is 0 Å². The van der Waals surface area contributed by atoms with E-state index < -0.39 is 0 Å². The zero-order valence-corrected chi connectivity index (χ0v) is 10.9. The number of aryl methyl sites for hydroxylation is 1. The topological polar surface area (TPSA) is 49.3 Å². The van der Waals surface area contributed by atoms with Crippen LogP contribution in [0.1, 0.15) is 29.3 Å². The van der Waals surface area contributed by atoms with Crippen LogP contribution in [0, 0.1) is 0 Å². The van der Waals surface area contributed by atoms with Crippen LogP contribution in [0.3, 0.4) is 0 Å². The Balaban J connectivity index is 2.06. The van der Waals surface area contributed by atoms with Crippen molar-refractivity contribution in [3.63, 3.8) is 0 Å². The van der Waals surface area contributed by atoms with Crippen molar-refractivity contribution in [3.05, 3.63) is 59.7 Å². The molecule has 3 nitrogen and oxygen atoms in total. The Morgan fingerprint density at radius 2 is 1.89 bits per heavy atom. The van der Waals surface area contributed by atoms with E-state index in [2.05, 4.69) is 12.2 Å². The number of phenolic OH excluding ortho intramolecular Hbond substituents is 1. The van der Waals surface area contributed by atoms with Crippen molar-refractivity contribution in [2.75, 3.05) is 5.32 Å². The number of hydrogen-bond donors (Lipinski definition) is 2. The predicted molar refractivity (Wildman–Crippen MR) is 76.5 cm³/mol. The van der Waals surface area contributed by atoms with Crippen LogP contribution in [0.4, 0.5) is 5.69 Å². The largest absolute Gasteiger partial charge is 0.508 e. The fraction of sp³-hybridized carbons (Fsp3) is 0.188. The number of carbonyl (C=O) groups excluding carboxylic acids is 1. The van der Waals surface area contributed by atoms with Gasteiger partial charge in [-0.2, -0.15) is 0 Å². The molecule has 0 spiro atoms. The Morgan fingerprint density at radius 1 is 1.16 bits per heavy atom. The Labute approximate surface area is 112 Å². The van der Waals surface area contributed by atoms with E-state index in [1.54, 1.807) is 12.1 Å².